The Labute approximate surface area is 155 Å². The fourth-order valence-corrected chi connectivity index (χ4v) is 2.99. The van der Waals surface area contributed by atoms with Gasteiger partial charge in [-0.1, -0.05) is 20.3 Å². The van der Waals surface area contributed by atoms with Crippen molar-refractivity contribution in [1.29, 1.82) is 0 Å². The Bertz CT molecular complexity index is 328. The molecule has 0 aliphatic carbocycles. The van der Waals surface area contributed by atoms with Crippen LogP contribution in [0.3, 0.4) is 0 Å². The summed E-state index contributed by atoms with van der Waals surface area (Å²) in [5, 5.41) is 5.30. The number of thiol groups is 3. The fraction of sp³-hybridized carbons (Fsp3) is 1.00. The highest BCUT2D eigenvalue weighted by Crippen LogP contribution is 2.28. The van der Waals surface area contributed by atoms with E-state index in [0.717, 1.165) is 6.42 Å². The van der Waals surface area contributed by atoms with Gasteiger partial charge in [0, 0.05) is 23.8 Å². The Balaban J connectivity index is 4.64. The summed E-state index contributed by atoms with van der Waals surface area (Å²) in [4.78, 5) is 0. The first-order valence-corrected chi connectivity index (χ1v) is 10.0. The second kappa shape index (κ2) is 11.4. The SMILES string of the molecule is CCCC[C@@](F)(CS)NC[C@@](F)(CS)CC[C@@](F)(CS)NCC. The number of halogens is 3. The van der Waals surface area contributed by atoms with Gasteiger partial charge in [0.15, 0.2) is 11.6 Å². The Hall–Kier alpha value is 0.760. The molecule has 0 radical (unpaired) electrons. The maximum absolute atomic E-state index is 14.9. The summed E-state index contributed by atoms with van der Waals surface area (Å²) >= 11 is 12.0. The number of nitrogens with one attached hydrogen (secondary N) is 2. The average molecular weight is 393 g/mol. The highest BCUT2D eigenvalue weighted by molar-refractivity contribution is 7.80. The van der Waals surface area contributed by atoms with Crippen molar-refractivity contribution in [1.82, 2.24) is 10.6 Å². The smallest absolute Gasteiger partial charge is 0.170 e. The lowest BCUT2D eigenvalue weighted by atomic mass is 9.96. The van der Waals surface area contributed by atoms with Gasteiger partial charge in [0.2, 0.25) is 0 Å². The predicted octanol–water partition coefficient (Wildman–Crippen LogP) is 3.99. The van der Waals surface area contributed by atoms with Crippen molar-refractivity contribution >= 4 is 37.9 Å². The van der Waals surface area contributed by atoms with Crippen LogP contribution in [-0.2, 0) is 0 Å². The maximum atomic E-state index is 14.9. The summed E-state index contributed by atoms with van der Waals surface area (Å²) in [6.45, 7) is 3.95. The van der Waals surface area contributed by atoms with Gasteiger partial charge >= 0.3 is 0 Å². The van der Waals surface area contributed by atoms with Crippen LogP contribution in [0.1, 0.15) is 46.0 Å². The van der Waals surface area contributed by atoms with E-state index in [1.807, 2.05) is 6.92 Å². The van der Waals surface area contributed by atoms with Gasteiger partial charge in [0.1, 0.15) is 5.67 Å². The third-order valence-corrected chi connectivity index (χ3v) is 5.47. The molecular weight excluding hydrogens is 361 g/mol. The fourth-order valence-electron chi connectivity index (χ4n) is 2.18. The van der Waals surface area contributed by atoms with Crippen LogP contribution in [0.4, 0.5) is 13.2 Å². The van der Waals surface area contributed by atoms with E-state index in [1.54, 1.807) is 6.92 Å². The average Bonchev–Trinajstić information content (AvgIpc) is 2.56. The van der Waals surface area contributed by atoms with Crippen LogP contribution in [0.25, 0.3) is 0 Å². The zero-order valence-electron chi connectivity index (χ0n) is 14.0. The summed E-state index contributed by atoms with van der Waals surface area (Å²) in [5.41, 5.74) is -1.79. The minimum absolute atomic E-state index is 0.0310. The Morgan fingerprint density at radius 3 is 1.78 bits per heavy atom. The highest BCUT2D eigenvalue weighted by Gasteiger charge is 2.37. The van der Waals surface area contributed by atoms with Crippen molar-refractivity contribution in [3.05, 3.63) is 0 Å². The summed E-state index contributed by atoms with van der Waals surface area (Å²) in [7, 11) is 0. The van der Waals surface area contributed by atoms with Gasteiger partial charge in [0.05, 0.1) is 0 Å². The van der Waals surface area contributed by atoms with Gasteiger partial charge in [-0.25, -0.2) is 13.2 Å². The summed E-state index contributed by atoms with van der Waals surface area (Å²) in [5.74, 6) is -3.62. The van der Waals surface area contributed by atoms with E-state index >= 15 is 0 Å². The molecule has 3 atom stereocenters. The second-order valence-electron chi connectivity index (χ2n) is 6.04. The number of rotatable bonds is 14. The molecule has 2 N–H and O–H groups in total. The molecule has 0 bridgehead atoms. The highest BCUT2D eigenvalue weighted by atomic mass is 32.1. The monoisotopic (exact) mass is 392 g/mol. The standard InChI is InChI=1S/C15H31F3N2S3/c1-3-5-6-14(17,11-22)20-9-13(16,10-21)7-8-15(18,12-23)19-4-2/h19-23H,3-12H2,1-2H3/t13-,14+,15+/m1/s1. The molecule has 0 aliphatic rings. The van der Waals surface area contributed by atoms with E-state index in [-0.39, 0.29) is 43.1 Å². The molecule has 0 fully saturated rings. The quantitative estimate of drug-likeness (QED) is 0.228. The molecule has 0 rings (SSSR count). The molecule has 140 valence electrons. The maximum Gasteiger partial charge on any atom is 0.170 e. The minimum atomic E-state index is -1.79. The number of alkyl halides is 3. The van der Waals surface area contributed by atoms with Crippen LogP contribution in [-0.4, -0.2) is 47.6 Å². The Kier molecular flexibility index (Phi) is 11.8. The molecule has 0 amide bonds. The van der Waals surface area contributed by atoms with Crippen molar-refractivity contribution in [2.24, 2.45) is 0 Å². The van der Waals surface area contributed by atoms with Crippen LogP contribution in [0.5, 0.6) is 0 Å². The third kappa shape index (κ3) is 9.14. The largest absolute Gasteiger partial charge is 0.285 e. The lowest BCUT2D eigenvalue weighted by Crippen LogP contribution is -2.51. The lowest BCUT2D eigenvalue weighted by Gasteiger charge is -2.33. The van der Waals surface area contributed by atoms with Gasteiger partial charge < -0.3 is 0 Å². The first kappa shape index (κ1) is 23.8. The predicted molar refractivity (Wildman–Crippen MR) is 104 cm³/mol. The number of hydrogen-bond donors (Lipinski definition) is 5. The summed E-state index contributed by atoms with van der Waals surface area (Å²) < 4.78 is 43.8. The third-order valence-electron chi connectivity index (χ3n) is 3.90. The molecule has 23 heavy (non-hydrogen) atoms. The molecular formula is C15H31F3N2S3. The first-order chi connectivity index (χ1) is 10.7. The van der Waals surface area contributed by atoms with E-state index < -0.39 is 17.3 Å². The van der Waals surface area contributed by atoms with Crippen molar-refractivity contribution in [3.63, 3.8) is 0 Å². The number of hydrogen-bond acceptors (Lipinski definition) is 5. The van der Waals surface area contributed by atoms with Crippen molar-refractivity contribution in [2.75, 3.05) is 30.3 Å². The van der Waals surface area contributed by atoms with Gasteiger partial charge in [-0.15, -0.1) is 0 Å². The second-order valence-corrected chi connectivity index (χ2v) is 6.99. The molecule has 8 heteroatoms. The van der Waals surface area contributed by atoms with Crippen LogP contribution < -0.4 is 10.6 Å². The molecule has 0 saturated heterocycles. The van der Waals surface area contributed by atoms with Crippen molar-refractivity contribution < 1.29 is 13.2 Å². The molecule has 0 aromatic rings. The topological polar surface area (TPSA) is 24.1 Å². The van der Waals surface area contributed by atoms with Crippen molar-refractivity contribution in [3.8, 4) is 0 Å². The molecule has 0 aliphatic heterocycles. The van der Waals surface area contributed by atoms with Crippen LogP contribution in [0, 0.1) is 0 Å². The van der Waals surface area contributed by atoms with E-state index in [0.29, 0.717) is 13.0 Å². The van der Waals surface area contributed by atoms with E-state index in [2.05, 4.69) is 48.5 Å². The van der Waals surface area contributed by atoms with Crippen LogP contribution in [0.2, 0.25) is 0 Å². The Morgan fingerprint density at radius 1 is 0.783 bits per heavy atom. The van der Waals surface area contributed by atoms with E-state index in [4.69, 9.17) is 0 Å². The molecule has 2 nitrogen and oxygen atoms in total. The Morgan fingerprint density at radius 2 is 1.35 bits per heavy atom. The van der Waals surface area contributed by atoms with E-state index in [1.165, 1.54) is 0 Å². The van der Waals surface area contributed by atoms with Crippen LogP contribution >= 0.6 is 37.9 Å². The normalized spacial score (nSPS) is 19.8. The van der Waals surface area contributed by atoms with Gasteiger partial charge in [-0.2, -0.15) is 37.9 Å². The molecule has 0 saturated carbocycles. The van der Waals surface area contributed by atoms with Gasteiger partial charge in [0.25, 0.3) is 0 Å². The molecule has 0 aromatic carbocycles. The van der Waals surface area contributed by atoms with Gasteiger partial charge in [-0.3, -0.25) is 10.6 Å². The molecule has 0 aromatic heterocycles. The molecule has 0 unspecified atom stereocenters. The van der Waals surface area contributed by atoms with Gasteiger partial charge in [-0.05, 0) is 32.2 Å². The zero-order valence-corrected chi connectivity index (χ0v) is 16.7. The van der Waals surface area contributed by atoms with Crippen LogP contribution in [0.15, 0.2) is 0 Å². The molecule has 0 heterocycles. The molecule has 0 spiro atoms. The summed E-state index contributed by atoms with van der Waals surface area (Å²) in [6, 6.07) is 0. The number of unbranched alkanes of at least 4 members (excludes halogenated alkanes) is 1. The first-order valence-electron chi connectivity index (χ1n) is 8.11. The zero-order chi connectivity index (χ0) is 18.0. The van der Waals surface area contributed by atoms with E-state index in [9.17, 15) is 13.2 Å². The summed E-state index contributed by atoms with van der Waals surface area (Å²) in [6.07, 6.45) is 1.71. The van der Waals surface area contributed by atoms with Crippen molar-refractivity contribution in [2.45, 2.75) is 63.2 Å². The lowest BCUT2D eigenvalue weighted by molar-refractivity contribution is 0.0637. The minimum Gasteiger partial charge on any atom is -0.285 e.